The van der Waals surface area contributed by atoms with Crippen LogP contribution in [-0.2, 0) is 21.0 Å². The van der Waals surface area contributed by atoms with Gasteiger partial charge in [-0.25, -0.2) is 23.2 Å². The van der Waals surface area contributed by atoms with Crippen molar-refractivity contribution in [2.75, 3.05) is 19.3 Å². The molecular weight excluding hydrogens is 378 g/mol. The first-order valence-electron chi connectivity index (χ1n) is 9.45. The van der Waals surface area contributed by atoms with Crippen molar-refractivity contribution < 1.29 is 17.9 Å². The van der Waals surface area contributed by atoms with E-state index in [4.69, 9.17) is 4.74 Å². The van der Waals surface area contributed by atoms with E-state index in [0.29, 0.717) is 30.9 Å². The van der Waals surface area contributed by atoms with Gasteiger partial charge in [0.25, 0.3) is 0 Å². The van der Waals surface area contributed by atoms with Crippen LogP contribution in [0.5, 0.6) is 0 Å². The number of hydrogen-bond acceptors (Lipinski definition) is 6. The molecule has 1 aromatic heterocycles. The molecule has 0 radical (unpaired) electrons. The molecule has 1 fully saturated rings. The van der Waals surface area contributed by atoms with Gasteiger partial charge in [-0.15, -0.1) is 0 Å². The van der Waals surface area contributed by atoms with Crippen LogP contribution in [-0.4, -0.2) is 54.3 Å². The Morgan fingerprint density at radius 1 is 1.32 bits per heavy atom. The predicted octanol–water partition coefficient (Wildman–Crippen LogP) is 3.22. The highest BCUT2D eigenvalue weighted by Crippen LogP contribution is 2.23. The Labute approximate surface area is 166 Å². The zero-order valence-electron chi connectivity index (χ0n) is 16.8. The SMILES string of the molecule is CC(C)(C)OC(=O)N1CCC[C@@H](Cc2ncc3ccc(S(C)(=O)=O)cc3n2)C1. The van der Waals surface area contributed by atoms with Crippen molar-refractivity contribution in [3.8, 4) is 0 Å². The van der Waals surface area contributed by atoms with Gasteiger partial charge in [0.15, 0.2) is 9.84 Å². The van der Waals surface area contributed by atoms with Gasteiger partial charge in [0.1, 0.15) is 11.4 Å². The molecule has 3 rings (SSSR count). The fourth-order valence-corrected chi connectivity index (χ4v) is 3.99. The molecule has 1 aliphatic rings. The van der Waals surface area contributed by atoms with E-state index in [0.717, 1.165) is 18.2 Å². The third-order valence-corrected chi connectivity index (χ3v) is 5.78. The molecule has 7 nitrogen and oxygen atoms in total. The third-order valence-electron chi connectivity index (χ3n) is 4.67. The molecule has 1 atom stereocenters. The highest BCUT2D eigenvalue weighted by atomic mass is 32.2. The van der Waals surface area contributed by atoms with E-state index in [1.165, 1.54) is 6.26 Å². The number of carbonyl (C=O) groups excluding carboxylic acids is 1. The van der Waals surface area contributed by atoms with Crippen molar-refractivity contribution in [3.63, 3.8) is 0 Å². The molecule has 1 amide bonds. The van der Waals surface area contributed by atoms with Crippen LogP contribution in [0.2, 0.25) is 0 Å². The first kappa shape index (κ1) is 20.5. The lowest BCUT2D eigenvalue weighted by Gasteiger charge is -2.34. The summed E-state index contributed by atoms with van der Waals surface area (Å²) in [6.45, 7) is 6.89. The molecule has 1 aliphatic heterocycles. The van der Waals surface area contributed by atoms with Crippen molar-refractivity contribution in [1.82, 2.24) is 14.9 Å². The molecule has 0 N–H and O–H groups in total. The average Bonchev–Trinajstić information content (AvgIpc) is 2.59. The summed E-state index contributed by atoms with van der Waals surface area (Å²) in [6, 6.07) is 4.88. The van der Waals surface area contributed by atoms with E-state index in [9.17, 15) is 13.2 Å². The number of aromatic nitrogens is 2. The zero-order chi connectivity index (χ0) is 20.5. The fraction of sp³-hybridized carbons (Fsp3) is 0.550. The van der Waals surface area contributed by atoms with Gasteiger partial charge in [-0.3, -0.25) is 0 Å². The molecule has 1 aromatic carbocycles. The first-order chi connectivity index (χ1) is 13.0. The summed E-state index contributed by atoms with van der Waals surface area (Å²) in [5.41, 5.74) is 0.107. The Hall–Kier alpha value is -2.22. The predicted molar refractivity (Wildman–Crippen MR) is 107 cm³/mol. The van der Waals surface area contributed by atoms with Gasteiger partial charge in [-0.2, -0.15) is 0 Å². The summed E-state index contributed by atoms with van der Waals surface area (Å²) in [5, 5.41) is 0.801. The molecule has 152 valence electrons. The Morgan fingerprint density at radius 2 is 2.07 bits per heavy atom. The molecule has 0 aliphatic carbocycles. The van der Waals surface area contributed by atoms with Crippen molar-refractivity contribution in [1.29, 1.82) is 0 Å². The monoisotopic (exact) mass is 405 g/mol. The second-order valence-electron chi connectivity index (χ2n) is 8.42. The highest BCUT2D eigenvalue weighted by molar-refractivity contribution is 7.90. The topological polar surface area (TPSA) is 89.5 Å². The Kier molecular flexibility index (Phi) is 5.61. The van der Waals surface area contributed by atoms with Crippen LogP contribution >= 0.6 is 0 Å². The van der Waals surface area contributed by atoms with Gasteiger partial charge in [-0.1, -0.05) is 0 Å². The van der Waals surface area contributed by atoms with Crippen LogP contribution in [0.25, 0.3) is 10.9 Å². The van der Waals surface area contributed by atoms with Gasteiger partial charge in [0, 0.05) is 37.3 Å². The van der Waals surface area contributed by atoms with E-state index in [1.807, 2.05) is 20.8 Å². The van der Waals surface area contributed by atoms with Crippen molar-refractivity contribution >= 4 is 26.8 Å². The average molecular weight is 406 g/mol. The van der Waals surface area contributed by atoms with E-state index >= 15 is 0 Å². The van der Waals surface area contributed by atoms with Crippen LogP contribution < -0.4 is 0 Å². The lowest BCUT2D eigenvalue weighted by atomic mass is 9.94. The summed E-state index contributed by atoms with van der Waals surface area (Å²) < 4.78 is 29.0. The van der Waals surface area contributed by atoms with Gasteiger partial charge in [-0.05, 0) is 57.7 Å². The summed E-state index contributed by atoms with van der Waals surface area (Å²) in [6.07, 6.45) is 5.16. The second-order valence-corrected chi connectivity index (χ2v) is 10.4. The van der Waals surface area contributed by atoms with Gasteiger partial charge in [0.05, 0.1) is 10.4 Å². The number of nitrogens with zero attached hydrogens (tertiary/aromatic N) is 3. The van der Waals surface area contributed by atoms with Gasteiger partial charge in [0.2, 0.25) is 0 Å². The lowest BCUT2D eigenvalue weighted by molar-refractivity contribution is 0.0165. The number of sulfone groups is 1. The smallest absolute Gasteiger partial charge is 0.410 e. The van der Waals surface area contributed by atoms with Crippen LogP contribution in [0.1, 0.15) is 39.4 Å². The van der Waals surface area contributed by atoms with Gasteiger partial charge < -0.3 is 9.64 Å². The highest BCUT2D eigenvalue weighted by Gasteiger charge is 2.28. The number of carbonyl (C=O) groups is 1. The lowest BCUT2D eigenvalue weighted by Crippen LogP contribution is -2.43. The molecule has 2 heterocycles. The Balaban J connectivity index is 1.73. The number of piperidine rings is 1. The van der Waals surface area contributed by atoms with Crippen LogP contribution in [0.3, 0.4) is 0 Å². The molecule has 0 bridgehead atoms. The quantitative estimate of drug-likeness (QED) is 0.779. The largest absolute Gasteiger partial charge is 0.444 e. The Bertz CT molecular complexity index is 983. The molecule has 0 unspecified atom stereocenters. The normalized spacial score (nSPS) is 18.3. The number of hydrogen-bond donors (Lipinski definition) is 0. The number of rotatable bonds is 3. The van der Waals surface area contributed by atoms with Crippen LogP contribution in [0.15, 0.2) is 29.3 Å². The molecule has 1 saturated heterocycles. The van der Waals surface area contributed by atoms with Crippen LogP contribution in [0, 0.1) is 5.92 Å². The number of benzene rings is 1. The Morgan fingerprint density at radius 3 is 2.75 bits per heavy atom. The summed E-state index contributed by atoms with van der Waals surface area (Å²) in [5.74, 6) is 0.908. The minimum absolute atomic E-state index is 0.247. The maximum absolute atomic E-state index is 12.3. The van der Waals surface area contributed by atoms with Crippen molar-refractivity contribution in [2.24, 2.45) is 5.92 Å². The minimum atomic E-state index is -3.28. The number of fused-ring (bicyclic) bond motifs is 1. The second kappa shape index (κ2) is 7.66. The number of likely N-dealkylation sites (tertiary alicyclic amines) is 1. The third kappa shape index (κ3) is 5.19. The van der Waals surface area contributed by atoms with E-state index < -0.39 is 15.4 Å². The molecule has 0 saturated carbocycles. The molecule has 0 spiro atoms. The maximum Gasteiger partial charge on any atom is 0.410 e. The zero-order valence-corrected chi connectivity index (χ0v) is 17.6. The molecule has 2 aromatic rings. The van der Waals surface area contributed by atoms with Crippen molar-refractivity contribution in [3.05, 3.63) is 30.2 Å². The summed E-state index contributed by atoms with van der Waals surface area (Å²) in [4.78, 5) is 23.3. The van der Waals surface area contributed by atoms with Gasteiger partial charge >= 0.3 is 6.09 Å². The standard InChI is InChI=1S/C20H27N3O4S/c1-20(2,3)27-19(24)23-9-5-6-14(13-23)10-18-21-12-15-7-8-16(28(4,25)26)11-17(15)22-18/h7-8,11-12,14H,5-6,9-10,13H2,1-4H3/t14-/m0/s1. The van der Waals surface area contributed by atoms with Crippen molar-refractivity contribution in [2.45, 2.75) is 50.5 Å². The molecule has 8 heteroatoms. The first-order valence-corrected chi connectivity index (χ1v) is 11.3. The molecule has 28 heavy (non-hydrogen) atoms. The summed E-state index contributed by atoms with van der Waals surface area (Å²) >= 11 is 0. The summed E-state index contributed by atoms with van der Waals surface area (Å²) in [7, 11) is -3.28. The van der Waals surface area contributed by atoms with E-state index in [1.54, 1.807) is 29.3 Å². The number of amides is 1. The molecular formula is C20H27N3O4S. The fourth-order valence-electron chi connectivity index (χ4n) is 3.35. The van der Waals surface area contributed by atoms with E-state index in [-0.39, 0.29) is 16.9 Å². The number of ether oxygens (including phenoxy) is 1. The maximum atomic E-state index is 12.3. The van der Waals surface area contributed by atoms with E-state index in [2.05, 4.69) is 9.97 Å². The minimum Gasteiger partial charge on any atom is -0.444 e. The van der Waals surface area contributed by atoms with Crippen LogP contribution in [0.4, 0.5) is 4.79 Å².